The molecule has 1 aromatic rings. The summed E-state index contributed by atoms with van der Waals surface area (Å²) in [5, 5.41) is 5.29. The van der Waals surface area contributed by atoms with E-state index < -0.39 is 23.8 Å². The summed E-state index contributed by atoms with van der Waals surface area (Å²) in [6.45, 7) is 4.14. The van der Waals surface area contributed by atoms with Crippen molar-refractivity contribution in [3.8, 4) is 0 Å². The van der Waals surface area contributed by atoms with Gasteiger partial charge in [0, 0.05) is 12.2 Å². The Morgan fingerprint density at radius 1 is 1.24 bits per heavy atom. The van der Waals surface area contributed by atoms with Crippen molar-refractivity contribution in [1.29, 1.82) is 0 Å². The van der Waals surface area contributed by atoms with E-state index in [1.807, 2.05) is 0 Å². The lowest BCUT2D eigenvalue weighted by atomic mass is 9.93. The van der Waals surface area contributed by atoms with Gasteiger partial charge in [0.25, 0.3) is 0 Å². The van der Waals surface area contributed by atoms with E-state index in [9.17, 15) is 22.8 Å². The summed E-state index contributed by atoms with van der Waals surface area (Å²) in [4.78, 5) is 31.7. The Balaban J connectivity index is 1.67. The molecular weight excluding hydrogens is 455 g/mol. The Hall–Kier alpha value is -2.75. The highest BCUT2D eigenvalue weighted by Gasteiger charge is 2.41. The number of thioether (sulfide) groups is 1. The molecule has 0 bridgehead atoms. The van der Waals surface area contributed by atoms with Gasteiger partial charge >= 0.3 is 12.1 Å². The lowest BCUT2D eigenvalue weighted by molar-refractivity contribution is -0.139. The zero-order valence-electron chi connectivity index (χ0n) is 18.2. The Labute approximate surface area is 194 Å². The van der Waals surface area contributed by atoms with E-state index in [1.165, 1.54) is 23.9 Å². The number of aliphatic imine (C=N–C) groups is 1. The second-order valence-corrected chi connectivity index (χ2v) is 8.99. The molecule has 6 nitrogen and oxygen atoms in total. The van der Waals surface area contributed by atoms with Crippen molar-refractivity contribution in [2.45, 2.75) is 45.3 Å². The normalized spacial score (nSPS) is 20.3. The van der Waals surface area contributed by atoms with Crippen LogP contribution in [0.15, 0.2) is 51.6 Å². The zero-order chi connectivity index (χ0) is 23.8. The lowest BCUT2D eigenvalue weighted by Gasteiger charge is -2.36. The zero-order valence-corrected chi connectivity index (χ0v) is 19.1. The SMILES string of the molecule is CCOC(=O)C1=C(C)N=C2SC=C(CC(=O)NCC3CC3)N2[C@H]1c1ccc(C(F)(F)F)cc1. The molecule has 0 unspecified atom stereocenters. The van der Waals surface area contributed by atoms with Crippen molar-refractivity contribution < 1.29 is 27.5 Å². The molecule has 10 heteroatoms. The number of allylic oxidation sites excluding steroid dienone is 1. The molecule has 2 aliphatic heterocycles. The van der Waals surface area contributed by atoms with Crippen molar-refractivity contribution in [3.05, 3.63) is 57.8 Å². The second-order valence-electron chi connectivity index (χ2n) is 8.16. The number of hydrogen-bond acceptors (Lipinski definition) is 6. The van der Waals surface area contributed by atoms with Crippen molar-refractivity contribution in [2.75, 3.05) is 13.2 Å². The molecule has 4 rings (SSSR count). The number of alkyl halides is 3. The number of halogens is 3. The molecule has 1 aromatic carbocycles. The summed E-state index contributed by atoms with van der Waals surface area (Å²) in [6, 6.07) is 3.95. The van der Waals surface area contributed by atoms with Crippen LogP contribution in [-0.2, 0) is 20.5 Å². The molecule has 0 saturated heterocycles. The van der Waals surface area contributed by atoms with Gasteiger partial charge in [0.15, 0.2) is 5.17 Å². The van der Waals surface area contributed by atoms with Crippen LogP contribution in [0.25, 0.3) is 0 Å². The smallest absolute Gasteiger partial charge is 0.416 e. The van der Waals surface area contributed by atoms with Gasteiger partial charge in [-0.1, -0.05) is 23.9 Å². The summed E-state index contributed by atoms with van der Waals surface area (Å²) < 4.78 is 44.6. The van der Waals surface area contributed by atoms with E-state index in [4.69, 9.17) is 4.74 Å². The third-order valence-corrected chi connectivity index (χ3v) is 6.56. The monoisotopic (exact) mass is 479 g/mol. The first-order valence-electron chi connectivity index (χ1n) is 10.7. The Kier molecular flexibility index (Phi) is 6.56. The maximum atomic E-state index is 13.1. The first-order chi connectivity index (χ1) is 15.7. The molecule has 1 saturated carbocycles. The average Bonchev–Trinajstić information content (AvgIpc) is 3.52. The van der Waals surface area contributed by atoms with Gasteiger partial charge in [0.1, 0.15) is 0 Å². The quantitative estimate of drug-likeness (QED) is 0.571. The van der Waals surface area contributed by atoms with Crippen LogP contribution in [0.5, 0.6) is 0 Å². The first kappa shape index (κ1) is 23.4. The Morgan fingerprint density at radius 3 is 2.55 bits per heavy atom. The summed E-state index contributed by atoms with van der Waals surface area (Å²) in [7, 11) is 0. The van der Waals surface area contributed by atoms with Gasteiger partial charge in [-0.2, -0.15) is 13.2 Å². The predicted molar refractivity (Wildman–Crippen MR) is 119 cm³/mol. The van der Waals surface area contributed by atoms with Crippen LogP contribution < -0.4 is 5.32 Å². The standard InChI is InChI=1S/C23H24F3N3O3S/c1-3-32-21(31)19-13(2)28-22-29(17(12-33-22)10-18(30)27-11-14-4-5-14)20(19)15-6-8-16(9-7-15)23(24,25)26/h6-9,12,14,20H,3-5,10-11H2,1-2H3,(H,27,30)/t20-/m0/s1. The Bertz CT molecular complexity index is 1040. The number of esters is 1. The van der Waals surface area contributed by atoms with Gasteiger partial charge < -0.3 is 15.0 Å². The third kappa shape index (κ3) is 5.10. The highest BCUT2D eigenvalue weighted by molar-refractivity contribution is 8.16. The minimum absolute atomic E-state index is 0.0744. The number of benzene rings is 1. The fourth-order valence-electron chi connectivity index (χ4n) is 3.82. The molecule has 2 heterocycles. The van der Waals surface area contributed by atoms with Gasteiger partial charge in [-0.05, 0) is 55.7 Å². The van der Waals surface area contributed by atoms with E-state index in [0.29, 0.717) is 34.6 Å². The number of carbonyl (C=O) groups excluding carboxylic acids is 2. The molecular formula is C23H24F3N3O3S. The van der Waals surface area contributed by atoms with Crippen LogP contribution in [0, 0.1) is 5.92 Å². The van der Waals surface area contributed by atoms with E-state index in [2.05, 4.69) is 10.3 Å². The van der Waals surface area contributed by atoms with Crippen molar-refractivity contribution in [2.24, 2.45) is 10.9 Å². The van der Waals surface area contributed by atoms with Gasteiger partial charge in [0.2, 0.25) is 5.91 Å². The molecule has 1 N–H and O–H groups in total. The van der Waals surface area contributed by atoms with Crippen LogP contribution in [-0.4, -0.2) is 35.1 Å². The number of amidine groups is 1. The number of fused-ring (bicyclic) bond motifs is 1. The highest BCUT2D eigenvalue weighted by atomic mass is 32.2. The van der Waals surface area contributed by atoms with Gasteiger partial charge in [0.05, 0.1) is 35.9 Å². The number of carbonyl (C=O) groups is 2. The predicted octanol–water partition coefficient (Wildman–Crippen LogP) is 4.76. The van der Waals surface area contributed by atoms with Crippen LogP contribution in [0.3, 0.4) is 0 Å². The van der Waals surface area contributed by atoms with E-state index in [-0.39, 0.29) is 24.5 Å². The molecule has 33 heavy (non-hydrogen) atoms. The summed E-state index contributed by atoms with van der Waals surface area (Å²) in [6.07, 6.45) is -2.16. The number of hydrogen-bond donors (Lipinski definition) is 1. The van der Waals surface area contributed by atoms with Gasteiger partial charge in [-0.15, -0.1) is 0 Å². The molecule has 0 spiro atoms. The molecule has 176 valence electrons. The second kappa shape index (κ2) is 9.24. The molecule has 1 aliphatic carbocycles. The third-order valence-electron chi connectivity index (χ3n) is 5.68. The number of nitrogens with one attached hydrogen (secondary N) is 1. The van der Waals surface area contributed by atoms with Crippen molar-refractivity contribution >= 4 is 28.8 Å². The minimum Gasteiger partial charge on any atom is -0.463 e. The number of ether oxygens (including phenoxy) is 1. The molecule has 1 atom stereocenters. The topological polar surface area (TPSA) is 71.0 Å². The molecule has 3 aliphatic rings. The van der Waals surface area contributed by atoms with Crippen LogP contribution in [0.4, 0.5) is 13.2 Å². The number of amides is 1. The largest absolute Gasteiger partial charge is 0.463 e. The van der Waals surface area contributed by atoms with E-state index >= 15 is 0 Å². The fourth-order valence-corrected chi connectivity index (χ4v) is 4.78. The van der Waals surface area contributed by atoms with E-state index in [0.717, 1.165) is 25.0 Å². The minimum atomic E-state index is -4.47. The van der Waals surface area contributed by atoms with Crippen LogP contribution in [0.1, 0.15) is 50.3 Å². The van der Waals surface area contributed by atoms with Crippen LogP contribution in [0.2, 0.25) is 0 Å². The van der Waals surface area contributed by atoms with E-state index in [1.54, 1.807) is 24.2 Å². The maximum Gasteiger partial charge on any atom is 0.416 e. The average molecular weight is 480 g/mol. The Morgan fingerprint density at radius 2 is 1.94 bits per heavy atom. The number of nitrogens with zero attached hydrogens (tertiary/aromatic N) is 2. The number of rotatable bonds is 7. The maximum absolute atomic E-state index is 13.1. The molecule has 1 amide bonds. The first-order valence-corrected chi connectivity index (χ1v) is 11.6. The molecule has 1 fully saturated rings. The van der Waals surface area contributed by atoms with Gasteiger partial charge in [-0.25, -0.2) is 9.79 Å². The summed E-state index contributed by atoms with van der Waals surface area (Å²) >= 11 is 1.32. The summed E-state index contributed by atoms with van der Waals surface area (Å²) in [5.74, 6) is -0.198. The highest BCUT2D eigenvalue weighted by Crippen LogP contribution is 2.45. The van der Waals surface area contributed by atoms with Crippen molar-refractivity contribution in [3.63, 3.8) is 0 Å². The van der Waals surface area contributed by atoms with Crippen molar-refractivity contribution in [1.82, 2.24) is 10.2 Å². The fraction of sp³-hybridized carbons (Fsp3) is 0.435. The van der Waals surface area contributed by atoms with Crippen LogP contribution >= 0.6 is 11.8 Å². The molecule has 0 aromatic heterocycles. The lowest BCUT2D eigenvalue weighted by Crippen LogP contribution is -2.38. The van der Waals surface area contributed by atoms with Gasteiger partial charge in [-0.3, -0.25) is 4.79 Å². The summed E-state index contributed by atoms with van der Waals surface area (Å²) in [5.41, 5.74) is 1.01. The molecule has 0 radical (unpaired) electrons.